The van der Waals surface area contributed by atoms with Gasteiger partial charge in [-0.3, -0.25) is 4.31 Å². The minimum atomic E-state index is -4.69. The average molecular weight is 535 g/mol. The van der Waals surface area contributed by atoms with Gasteiger partial charge in [-0.05, 0) is 41.8 Å². The van der Waals surface area contributed by atoms with E-state index in [9.17, 15) is 30.0 Å². The summed E-state index contributed by atoms with van der Waals surface area (Å²) >= 11 is 0. The molecule has 0 fully saturated rings. The van der Waals surface area contributed by atoms with Crippen LogP contribution in [-0.4, -0.2) is 29.9 Å². The zero-order valence-corrected chi connectivity index (χ0v) is 20.3. The minimum absolute atomic E-state index is 0.0112. The molecule has 11 heteroatoms. The fourth-order valence-corrected chi connectivity index (χ4v) is 6.46. The number of halogens is 3. The highest BCUT2D eigenvalue weighted by molar-refractivity contribution is 7.92. The van der Waals surface area contributed by atoms with Crippen molar-refractivity contribution in [1.29, 1.82) is 0 Å². The zero-order valence-electron chi connectivity index (χ0n) is 18.7. The molecule has 4 aromatic carbocycles. The van der Waals surface area contributed by atoms with Gasteiger partial charge in [-0.1, -0.05) is 60.7 Å². The van der Waals surface area contributed by atoms with Crippen molar-refractivity contribution in [2.75, 3.05) is 17.4 Å². The molecule has 0 unspecified atom stereocenters. The van der Waals surface area contributed by atoms with E-state index in [-0.39, 0.29) is 22.0 Å². The Morgan fingerprint density at radius 3 is 2.11 bits per heavy atom. The predicted molar refractivity (Wildman–Crippen MR) is 132 cm³/mol. The van der Waals surface area contributed by atoms with Gasteiger partial charge in [0.05, 0.1) is 21.0 Å². The van der Waals surface area contributed by atoms with E-state index < -0.39 is 38.3 Å². The van der Waals surface area contributed by atoms with Gasteiger partial charge in [0.15, 0.2) is 0 Å². The number of sulfonamides is 2. The molecule has 0 spiro atoms. The fraction of sp³-hybridized carbons (Fsp3) is 0.120. The Morgan fingerprint density at radius 1 is 0.750 bits per heavy atom. The summed E-state index contributed by atoms with van der Waals surface area (Å²) < 4.78 is 95.9. The van der Waals surface area contributed by atoms with E-state index >= 15 is 0 Å². The molecule has 0 heterocycles. The molecule has 0 saturated heterocycles. The molecule has 188 valence electrons. The summed E-state index contributed by atoms with van der Waals surface area (Å²) in [5.74, 6) is 0. The second-order valence-corrected chi connectivity index (χ2v) is 11.4. The molecule has 0 aliphatic carbocycles. The summed E-state index contributed by atoms with van der Waals surface area (Å²) in [6.45, 7) is -0.823. The van der Waals surface area contributed by atoms with Crippen molar-refractivity contribution in [3.8, 4) is 0 Å². The van der Waals surface area contributed by atoms with Crippen LogP contribution < -0.4 is 9.03 Å². The summed E-state index contributed by atoms with van der Waals surface area (Å²) in [6, 6.07) is 22.8. The lowest BCUT2D eigenvalue weighted by atomic mass is 10.1. The van der Waals surface area contributed by atoms with E-state index in [1.807, 2.05) is 0 Å². The van der Waals surface area contributed by atoms with E-state index in [2.05, 4.69) is 4.72 Å². The van der Waals surface area contributed by atoms with Crippen molar-refractivity contribution < 1.29 is 30.0 Å². The first-order valence-electron chi connectivity index (χ1n) is 10.7. The van der Waals surface area contributed by atoms with Crippen molar-refractivity contribution in [3.63, 3.8) is 0 Å². The van der Waals surface area contributed by atoms with Crippen molar-refractivity contribution in [2.24, 2.45) is 0 Å². The fourth-order valence-electron chi connectivity index (χ4n) is 3.73. The summed E-state index contributed by atoms with van der Waals surface area (Å²) in [5, 5.41) is 1.19. The molecule has 6 nitrogen and oxygen atoms in total. The molecule has 0 saturated carbocycles. The quantitative estimate of drug-likeness (QED) is 0.344. The first-order valence-corrected chi connectivity index (χ1v) is 13.6. The third-order valence-electron chi connectivity index (χ3n) is 5.44. The molecule has 0 aliphatic heterocycles. The lowest BCUT2D eigenvalue weighted by Crippen LogP contribution is -2.38. The smallest absolute Gasteiger partial charge is 0.265 e. The number of hydrogen-bond donors (Lipinski definition) is 1. The monoisotopic (exact) mass is 534 g/mol. The van der Waals surface area contributed by atoms with Gasteiger partial charge in [-0.2, -0.15) is 13.2 Å². The number of alkyl halides is 3. The molecule has 4 rings (SSSR count). The van der Waals surface area contributed by atoms with E-state index in [4.69, 9.17) is 0 Å². The largest absolute Gasteiger partial charge is 0.416 e. The predicted octanol–water partition coefficient (Wildman–Crippen LogP) is 5.03. The van der Waals surface area contributed by atoms with Crippen molar-refractivity contribution in [2.45, 2.75) is 16.0 Å². The molecule has 0 aliphatic rings. The highest BCUT2D eigenvalue weighted by Gasteiger charge is 2.32. The molecule has 4 aromatic rings. The van der Waals surface area contributed by atoms with Crippen molar-refractivity contribution in [1.82, 2.24) is 4.72 Å². The average Bonchev–Trinajstić information content (AvgIpc) is 2.86. The molecule has 0 atom stereocenters. The molecule has 0 bridgehead atoms. The Balaban J connectivity index is 1.66. The minimum Gasteiger partial charge on any atom is -0.265 e. The molecule has 0 amide bonds. The number of anilines is 1. The molecule has 0 aromatic heterocycles. The van der Waals surface area contributed by atoms with Gasteiger partial charge in [-0.15, -0.1) is 0 Å². The van der Waals surface area contributed by atoms with Gasteiger partial charge in [-0.25, -0.2) is 21.6 Å². The first kappa shape index (κ1) is 25.7. The van der Waals surface area contributed by atoms with Crippen LogP contribution in [0.3, 0.4) is 0 Å². The van der Waals surface area contributed by atoms with Gasteiger partial charge in [0.1, 0.15) is 0 Å². The Labute approximate surface area is 207 Å². The van der Waals surface area contributed by atoms with E-state index in [0.717, 1.165) is 22.5 Å². The van der Waals surface area contributed by atoms with E-state index in [1.165, 1.54) is 36.4 Å². The number of hydrogen-bond acceptors (Lipinski definition) is 4. The van der Waals surface area contributed by atoms with Crippen LogP contribution in [0.4, 0.5) is 18.9 Å². The second kappa shape index (κ2) is 9.92. The molecule has 1 N–H and O–H groups in total. The normalized spacial score (nSPS) is 12.5. The summed E-state index contributed by atoms with van der Waals surface area (Å²) in [5.41, 5.74) is -1.26. The SMILES string of the molecule is O=S(=O)(NCCN(c1cccc(C(F)(F)F)c1)S(=O)(=O)c1ccccc1)c1cccc2ccccc12. The third-order valence-corrected chi connectivity index (χ3v) is 8.80. The maximum Gasteiger partial charge on any atom is 0.416 e. The maximum atomic E-state index is 13.4. The lowest BCUT2D eigenvalue weighted by molar-refractivity contribution is -0.137. The molecule has 0 radical (unpaired) electrons. The molecular weight excluding hydrogens is 513 g/mol. The van der Waals surface area contributed by atoms with Crippen molar-refractivity contribution in [3.05, 3.63) is 103 Å². The Kier molecular flexibility index (Phi) is 7.07. The number of nitrogens with zero attached hydrogens (tertiary/aromatic N) is 1. The number of nitrogens with one attached hydrogen (secondary N) is 1. The maximum absolute atomic E-state index is 13.4. The van der Waals surface area contributed by atoms with Crippen LogP contribution in [0.5, 0.6) is 0 Å². The number of fused-ring (bicyclic) bond motifs is 1. The van der Waals surface area contributed by atoms with Gasteiger partial charge in [0.25, 0.3) is 10.0 Å². The summed E-state index contributed by atoms with van der Waals surface area (Å²) in [6.07, 6.45) is -4.69. The Hall–Kier alpha value is -3.41. The van der Waals surface area contributed by atoms with Crippen LogP contribution in [-0.2, 0) is 26.2 Å². The topological polar surface area (TPSA) is 83.6 Å². The number of benzene rings is 4. The van der Waals surface area contributed by atoms with Gasteiger partial charge in [0.2, 0.25) is 10.0 Å². The summed E-state index contributed by atoms with van der Waals surface area (Å²) in [4.78, 5) is -0.128. The highest BCUT2D eigenvalue weighted by atomic mass is 32.2. The van der Waals surface area contributed by atoms with E-state index in [1.54, 1.807) is 42.5 Å². The van der Waals surface area contributed by atoms with Crippen LogP contribution in [0.25, 0.3) is 10.8 Å². The lowest BCUT2D eigenvalue weighted by Gasteiger charge is -2.25. The zero-order chi connectivity index (χ0) is 26.0. The van der Waals surface area contributed by atoms with Crippen LogP contribution in [0.15, 0.2) is 107 Å². The Morgan fingerprint density at radius 2 is 1.39 bits per heavy atom. The third kappa shape index (κ3) is 5.38. The van der Waals surface area contributed by atoms with Gasteiger partial charge >= 0.3 is 6.18 Å². The molecular formula is C25H21F3N2O4S2. The van der Waals surface area contributed by atoms with Crippen LogP contribution >= 0.6 is 0 Å². The standard InChI is InChI=1S/C25H21F3N2O4S2/c26-25(27,28)20-10-7-11-21(18-20)30(36(33,34)22-12-2-1-3-13-22)17-16-29-35(31,32)24-15-6-9-19-8-4-5-14-23(19)24/h1-15,18,29H,16-17H2. The van der Waals surface area contributed by atoms with Gasteiger partial charge < -0.3 is 0 Å². The summed E-state index contributed by atoms with van der Waals surface area (Å²) in [7, 11) is -8.36. The van der Waals surface area contributed by atoms with Crippen LogP contribution in [0, 0.1) is 0 Å². The van der Waals surface area contributed by atoms with Crippen LogP contribution in [0.2, 0.25) is 0 Å². The van der Waals surface area contributed by atoms with Crippen molar-refractivity contribution >= 4 is 36.5 Å². The van der Waals surface area contributed by atoms with Crippen LogP contribution in [0.1, 0.15) is 5.56 Å². The second-order valence-electron chi connectivity index (χ2n) is 7.81. The first-order chi connectivity index (χ1) is 17.0. The molecule has 36 heavy (non-hydrogen) atoms. The van der Waals surface area contributed by atoms with E-state index in [0.29, 0.717) is 10.8 Å². The van der Waals surface area contributed by atoms with Gasteiger partial charge in [0, 0.05) is 18.5 Å². The number of rotatable bonds is 8. The highest BCUT2D eigenvalue weighted by Crippen LogP contribution is 2.33. The Bertz CT molecular complexity index is 1590.